The first-order chi connectivity index (χ1) is 9.31. The number of thiophene rings is 1. The molecule has 106 valence electrons. The number of amides is 1. The van der Waals surface area contributed by atoms with Crippen LogP contribution >= 0.6 is 34.5 Å². The molecule has 0 saturated carbocycles. The second-order valence-corrected chi connectivity index (χ2v) is 7.12. The van der Waals surface area contributed by atoms with E-state index in [1.807, 2.05) is 0 Å². The standard InChI is InChI=1S/C11H8Cl2N2O3S2/c12-7-2-1-6(5-8(7)13)20(17,18)15-9-3-4-19-10(9)11(14)16/h1-5,15H,(H2,14,16). The Bertz CT molecular complexity index is 772. The molecule has 20 heavy (non-hydrogen) atoms. The van der Waals surface area contributed by atoms with Crippen LogP contribution in [0.2, 0.25) is 10.0 Å². The number of anilines is 1. The van der Waals surface area contributed by atoms with Gasteiger partial charge in [0, 0.05) is 0 Å². The summed E-state index contributed by atoms with van der Waals surface area (Å²) in [5.74, 6) is -0.702. The molecule has 0 aliphatic rings. The molecule has 5 nitrogen and oxygen atoms in total. The SMILES string of the molecule is NC(=O)c1sccc1NS(=O)(=O)c1ccc(Cl)c(Cl)c1. The van der Waals surface area contributed by atoms with Gasteiger partial charge in [-0.05, 0) is 29.6 Å². The molecular formula is C11H8Cl2N2O3S2. The van der Waals surface area contributed by atoms with Gasteiger partial charge < -0.3 is 5.73 Å². The lowest BCUT2D eigenvalue weighted by atomic mass is 10.4. The van der Waals surface area contributed by atoms with Crippen molar-refractivity contribution >= 4 is 56.2 Å². The minimum absolute atomic E-state index is 0.0616. The second kappa shape index (κ2) is 5.61. The summed E-state index contributed by atoms with van der Waals surface area (Å²) in [4.78, 5) is 11.2. The van der Waals surface area contributed by atoms with Crippen molar-refractivity contribution in [2.24, 2.45) is 5.73 Å². The summed E-state index contributed by atoms with van der Waals surface area (Å²) in [6, 6.07) is 5.37. The summed E-state index contributed by atoms with van der Waals surface area (Å²) in [7, 11) is -3.87. The number of benzene rings is 1. The lowest BCUT2D eigenvalue weighted by Crippen LogP contribution is -2.16. The third kappa shape index (κ3) is 3.06. The Kier molecular flexibility index (Phi) is 4.24. The summed E-state index contributed by atoms with van der Waals surface area (Å²) >= 11 is 12.6. The van der Waals surface area contributed by atoms with Crippen LogP contribution < -0.4 is 10.5 Å². The van der Waals surface area contributed by atoms with E-state index in [9.17, 15) is 13.2 Å². The molecule has 0 fully saturated rings. The van der Waals surface area contributed by atoms with E-state index in [0.29, 0.717) is 0 Å². The Balaban J connectivity index is 2.38. The van der Waals surface area contributed by atoms with Gasteiger partial charge >= 0.3 is 0 Å². The van der Waals surface area contributed by atoms with E-state index in [1.54, 1.807) is 5.38 Å². The Labute approximate surface area is 129 Å². The smallest absolute Gasteiger partial charge is 0.261 e. The third-order valence-corrected chi connectivity index (χ3v) is 5.37. The van der Waals surface area contributed by atoms with Crippen LogP contribution in [0, 0.1) is 0 Å². The molecule has 1 amide bonds. The van der Waals surface area contributed by atoms with Gasteiger partial charge in [0.05, 0.1) is 20.6 Å². The number of hydrogen-bond acceptors (Lipinski definition) is 4. The van der Waals surface area contributed by atoms with E-state index in [0.717, 1.165) is 11.3 Å². The predicted molar refractivity (Wildman–Crippen MR) is 80.1 cm³/mol. The molecular weight excluding hydrogens is 343 g/mol. The highest BCUT2D eigenvalue weighted by molar-refractivity contribution is 7.92. The molecule has 1 heterocycles. The summed E-state index contributed by atoms with van der Waals surface area (Å²) in [5.41, 5.74) is 5.29. The number of halogens is 2. The first-order valence-electron chi connectivity index (χ1n) is 5.16. The fourth-order valence-electron chi connectivity index (χ4n) is 1.43. The van der Waals surface area contributed by atoms with Gasteiger partial charge in [-0.15, -0.1) is 11.3 Å². The maximum absolute atomic E-state index is 12.2. The van der Waals surface area contributed by atoms with E-state index in [4.69, 9.17) is 28.9 Å². The average molecular weight is 351 g/mol. The van der Waals surface area contributed by atoms with Gasteiger partial charge in [-0.2, -0.15) is 0 Å². The number of hydrogen-bond donors (Lipinski definition) is 2. The summed E-state index contributed by atoms with van der Waals surface area (Å²) in [5, 5.41) is 1.93. The van der Waals surface area contributed by atoms with Crippen LogP contribution in [-0.4, -0.2) is 14.3 Å². The summed E-state index contributed by atoms with van der Waals surface area (Å²) < 4.78 is 26.6. The third-order valence-electron chi connectivity index (χ3n) is 2.33. The molecule has 0 spiro atoms. The van der Waals surface area contributed by atoms with Crippen LogP contribution in [0.4, 0.5) is 5.69 Å². The van der Waals surface area contributed by atoms with Gasteiger partial charge in [-0.1, -0.05) is 23.2 Å². The Morgan fingerprint density at radius 1 is 1.20 bits per heavy atom. The number of primary amides is 1. The Hall–Kier alpha value is -1.28. The molecule has 0 aliphatic carbocycles. The van der Waals surface area contributed by atoms with Crippen molar-refractivity contribution in [3.63, 3.8) is 0 Å². The Morgan fingerprint density at radius 3 is 2.50 bits per heavy atom. The van der Waals surface area contributed by atoms with Crippen molar-refractivity contribution in [2.75, 3.05) is 4.72 Å². The van der Waals surface area contributed by atoms with Crippen LogP contribution in [0.25, 0.3) is 0 Å². The fourth-order valence-corrected chi connectivity index (χ4v) is 3.66. The molecule has 0 aliphatic heterocycles. The van der Waals surface area contributed by atoms with Crippen molar-refractivity contribution < 1.29 is 13.2 Å². The zero-order valence-electron chi connectivity index (χ0n) is 9.76. The normalized spacial score (nSPS) is 11.3. The van der Waals surface area contributed by atoms with E-state index in [-0.39, 0.29) is 25.5 Å². The summed E-state index contributed by atoms with van der Waals surface area (Å²) in [6.07, 6.45) is 0. The van der Waals surface area contributed by atoms with Crippen LogP contribution in [-0.2, 0) is 10.0 Å². The number of nitrogens with one attached hydrogen (secondary N) is 1. The van der Waals surface area contributed by atoms with Gasteiger partial charge in [-0.3, -0.25) is 9.52 Å². The molecule has 9 heteroatoms. The Morgan fingerprint density at radius 2 is 1.90 bits per heavy atom. The van der Waals surface area contributed by atoms with Crippen molar-refractivity contribution in [3.8, 4) is 0 Å². The summed E-state index contributed by atoms with van der Waals surface area (Å²) in [6.45, 7) is 0. The van der Waals surface area contributed by atoms with Crippen LogP contribution in [0.3, 0.4) is 0 Å². The minimum atomic E-state index is -3.87. The molecule has 0 atom stereocenters. The van der Waals surface area contributed by atoms with Crippen LogP contribution in [0.15, 0.2) is 34.5 Å². The molecule has 2 rings (SSSR count). The second-order valence-electron chi connectivity index (χ2n) is 3.71. The lowest BCUT2D eigenvalue weighted by Gasteiger charge is -2.08. The molecule has 1 aromatic heterocycles. The highest BCUT2D eigenvalue weighted by Crippen LogP contribution is 2.28. The molecule has 1 aromatic carbocycles. The van der Waals surface area contributed by atoms with Gasteiger partial charge in [-0.25, -0.2) is 8.42 Å². The number of nitrogens with two attached hydrogens (primary N) is 1. The fraction of sp³-hybridized carbons (Fsp3) is 0. The van der Waals surface area contributed by atoms with Gasteiger partial charge in [0.1, 0.15) is 4.88 Å². The topological polar surface area (TPSA) is 89.3 Å². The number of carbonyl (C=O) groups excluding carboxylic acids is 1. The highest BCUT2D eigenvalue weighted by Gasteiger charge is 2.19. The van der Waals surface area contributed by atoms with E-state index in [1.165, 1.54) is 24.3 Å². The van der Waals surface area contributed by atoms with Gasteiger partial charge in [0.2, 0.25) is 0 Å². The predicted octanol–water partition coefficient (Wildman–Crippen LogP) is 2.95. The zero-order valence-corrected chi connectivity index (χ0v) is 12.9. The average Bonchev–Trinajstić information content (AvgIpc) is 2.80. The van der Waals surface area contributed by atoms with E-state index >= 15 is 0 Å². The molecule has 0 unspecified atom stereocenters. The molecule has 2 aromatic rings. The van der Waals surface area contributed by atoms with Crippen molar-refractivity contribution in [3.05, 3.63) is 44.6 Å². The lowest BCUT2D eigenvalue weighted by molar-refractivity contribution is 0.100. The minimum Gasteiger partial charge on any atom is -0.365 e. The monoisotopic (exact) mass is 350 g/mol. The number of sulfonamides is 1. The first kappa shape index (κ1) is 15.1. The maximum atomic E-state index is 12.2. The van der Waals surface area contributed by atoms with E-state index < -0.39 is 15.9 Å². The molecule has 0 bridgehead atoms. The van der Waals surface area contributed by atoms with Crippen molar-refractivity contribution in [2.45, 2.75) is 4.90 Å². The zero-order chi connectivity index (χ0) is 14.9. The van der Waals surface area contributed by atoms with Crippen LogP contribution in [0.1, 0.15) is 9.67 Å². The maximum Gasteiger partial charge on any atom is 0.261 e. The largest absolute Gasteiger partial charge is 0.365 e. The number of carbonyl (C=O) groups is 1. The van der Waals surface area contributed by atoms with Gasteiger partial charge in [0.15, 0.2) is 0 Å². The molecule has 0 radical (unpaired) electrons. The highest BCUT2D eigenvalue weighted by atomic mass is 35.5. The quantitative estimate of drug-likeness (QED) is 0.887. The van der Waals surface area contributed by atoms with E-state index in [2.05, 4.69) is 4.72 Å². The first-order valence-corrected chi connectivity index (χ1v) is 8.28. The van der Waals surface area contributed by atoms with Gasteiger partial charge in [0.25, 0.3) is 15.9 Å². The molecule has 0 saturated heterocycles. The number of rotatable bonds is 4. The molecule has 3 N–H and O–H groups in total. The van der Waals surface area contributed by atoms with Crippen molar-refractivity contribution in [1.29, 1.82) is 0 Å². The van der Waals surface area contributed by atoms with Crippen molar-refractivity contribution in [1.82, 2.24) is 0 Å². The van der Waals surface area contributed by atoms with Crippen LogP contribution in [0.5, 0.6) is 0 Å².